The standard InChI is InChI=1S/C22H30N2O2S/c1-16-9-7-13-23(15-16)20-19(18-12-8-14-27-18)21(25)24(22(20)26)17-10-5-3-2-4-6-11-17/h8,12,14,16-17H,2-7,9-11,13,15H2,1H3. The molecule has 1 aromatic heterocycles. The number of hydrogen-bond donors (Lipinski definition) is 0. The molecular weight excluding hydrogens is 356 g/mol. The van der Waals surface area contributed by atoms with Crippen molar-refractivity contribution in [3.8, 4) is 0 Å². The highest BCUT2D eigenvalue weighted by Gasteiger charge is 2.45. The van der Waals surface area contributed by atoms with Crippen LogP contribution in [0.25, 0.3) is 5.57 Å². The van der Waals surface area contributed by atoms with E-state index in [2.05, 4.69) is 11.8 Å². The molecule has 1 aromatic rings. The van der Waals surface area contributed by atoms with E-state index in [-0.39, 0.29) is 17.9 Å². The maximum Gasteiger partial charge on any atom is 0.278 e. The summed E-state index contributed by atoms with van der Waals surface area (Å²) in [7, 11) is 0. The van der Waals surface area contributed by atoms with Gasteiger partial charge in [-0.1, -0.05) is 45.1 Å². The number of piperidine rings is 1. The van der Waals surface area contributed by atoms with Gasteiger partial charge in [0.15, 0.2) is 0 Å². The molecule has 27 heavy (non-hydrogen) atoms. The molecule has 2 fully saturated rings. The molecular formula is C22H30N2O2S. The van der Waals surface area contributed by atoms with E-state index < -0.39 is 0 Å². The number of imide groups is 1. The highest BCUT2D eigenvalue weighted by atomic mass is 32.1. The Morgan fingerprint density at radius 1 is 0.963 bits per heavy atom. The summed E-state index contributed by atoms with van der Waals surface area (Å²) in [5.41, 5.74) is 1.34. The number of rotatable bonds is 3. The minimum absolute atomic E-state index is 0.0388. The number of thiophene rings is 1. The third-order valence-electron chi connectivity index (χ3n) is 6.27. The van der Waals surface area contributed by atoms with Crippen molar-refractivity contribution in [2.45, 2.75) is 70.8 Å². The van der Waals surface area contributed by atoms with E-state index in [1.165, 1.54) is 25.7 Å². The van der Waals surface area contributed by atoms with Crippen molar-refractivity contribution >= 4 is 28.7 Å². The summed E-state index contributed by atoms with van der Waals surface area (Å²) in [5.74, 6) is 0.471. The fourth-order valence-electron chi connectivity index (χ4n) is 4.89. The Kier molecular flexibility index (Phi) is 5.67. The van der Waals surface area contributed by atoms with Crippen LogP contribution in [-0.2, 0) is 9.59 Å². The Bertz CT molecular complexity index is 717. The molecule has 0 bridgehead atoms. The Morgan fingerprint density at radius 2 is 1.70 bits per heavy atom. The fourth-order valence-corrected chi connectivity index (χ4v) is 5.65. The normalized spacial score (nSPS) is 25.9. The first-order valence-corrected chi connectivity index (χ1v) is 11.5. The minimum Gasteiger partial charge on any atom is -0.366 e. The fraction of sp³-hybridized carbons (Fsp3) is 0.636. The monoisotopic (exact) mass is 386 g/mol. The summed E-state index contributed by atoms with van der Waals surface area (Å²) in [6.45, 7) is 4.00. The average Bonchev–Trinajstić information content (AvgIpc) is 3.22. The van der Waals surface area contributed by atoms with Gasteiger partial charge in [-0.25, -0.2) is 0 Å². The summed E-state index contributed by atoms with van der Waals surface area (Å²) >= 11 is 1.57. The van der Waals surface area contributed by atoms with Crippen LogP contribution >= 0.6 is 11.3 Å². The lowest BCUT2D eigenvalue weighted by molar-refractivity contribution is -0.140. The molecule has 4 rings (SSSR count). The SMILES string of the molecule is CC1CCCN(C2=C(c3cccs3)C(=O)N(C3CCCCCCC3)C2=O)C1. The molecule has 146 valence electrons. The van der Waals surface area contributed by atoms with Crippen molar-refractivity contribution in [1.29, 1.82) is 0 Å². The molecule has 5 heteroatoms. The molecule has 1 saturated heterocycles. The van der Waals surface area contributed by atoms with Crippen LogP contribution in [0.15, 0.2) is 23.2 Å². The molecule has 1 aliphatic carbocycles. The Labute approximate surface area is 166 Å². The van der Waals surface area contributed by atoms with Crippen molar-refractivity contribution in [2.75, 3.05) is 13.1 Å². The van der Waals surface area contributed by atoms with Gasteiger partial charge in [0.05, 0.1) is 5.57 Å². The third kappa shape index (κ3) is 3.71. The van der Waals surface area contributed by atoms with Crippen molar-refractivity contribution < 1.29 is 9.59 Å². The van der Waals surface area contributed by atoms with Crippen molar-refractivity contribution in [1.82, 2.24) is 9.80 Å². The number of carbonyl (C=O) groups is 2. The summed E-state index contributed by atoms with van der Waals surface area (Å²) < 4.78 is 0. The zero-order valence-corrected chi connectivity index (χ0v) is 17.1. The first-order valence-electron chi connectivity index (χ1n) is 10.6. The molecule has 0 N–H and O–H groups in total. The van der Waals surface area contributed by atoms with E-state index in [1.54, 1.807) is 16.2 Å². The quantitative estimate of drug-likeness (QED) is 0.709. The molecule has 0 aromatic carbocycles. The molecule has 1 atom stereocenters. The summed E-state index contributed by atoms with van der Waals surface area (Å²) in [6.07, 6.45) is 10.2. The van der Waals surface area contributed by atoms with Crippen LogP contribution in [0.1, 0.15) is 69.6 Å². The first-order chi connectivity index (χ1) is 13.2. The first kappa shape index (κ1) is 18.7. The second-order valence-corrected chi connectivity index (χ2v) is 9.32. The summed E-state index contributed by atoms with van der Waals surface area (Å²) in [6, 6.07) is 4.03. The lowest BCUT2D eigenvalue weighted by Crippen LogP contribution is -2.44. The van der Waals surface area contributed by atoms with E-state index in [0.717, 1.165) is 50.1 Å². The van der Waals surface area contributed by atoms with E-state index in [1.807, 2.05) is 17.5 Å². The van der Waals surface area contributed by atoms with Gasteiger partial charge in [0.1, 0.15) is 5.70 Å². The van der Waals surface area contributed by atoms with Crippen LogP contribution in [-0.4, -0.2) is 40.7 Å². The van der Waals surface area contributed by atoms with Crippen molar-refractivity contribution in [3.05, 3.63) is 28.1 Å². The molecule has 3 aliphatic rings. The van der Waals surface area contributed by atoms with E-state index >= 15 is 0 Å². The molecule has 4 nitrogen and oxygen atoms in total. The minimum atomic E-state index is -0.0544. The number of likely N-dealkylation sites (tertiary alicyclic amines) is 1. The molecule has 1 unspecified atom stereocenters. The van der Waals surface area contributed by atoms with Gasteiger partial charge in [-0.05, 0) is 43.0 Å². The molecule has 0 radical (unpaired) electrons. The number of amides is 2. The lowest BCUT2D eigenvalue weighted by Gasteiger charge is -2.34. The van der Waals surface area contributed by atoms with Crippen LogP contribution in [0.2, 0.25) is 0 Å². The van der Waals surface area contributed by atoms with Gasteiger partial charge >= 0.3 is 0 Å². The van der Waals surface area contributed by atoms with Crippen LogP contribution in [0.4, 0.5) is 0 Å². The zero-order chi connectivity index (χ0) is 18.8. The Balaban J connectivity index is 1.68. The maximum atomic E-state index is 13.5. The van der Waals surface area contributed by atoms with Crippen LogP contribution in [0.3, 0.4) is 0 Å². The summed E-state index contributed by atoms with van der Waals surface area (Å²) in [4.78, 5) is 31.8. The van der Waals surface area contributed by atoms with Gasteiger partial charge in [0, 0.05) is 24.0 Å². The Hall–Kier alpha value is -1.62. The largest absolute Gasteiger partial charge is 0.366 e. The van der Waals surface area contributed by atoms with Crippen molar-refractivity contribution in [2.24, 2.45) is 5.92 Å². The molecule has 0 spiro atoms. The van der Waals surface area contributed by atoms with Gasteiger partial charge in [-0.15, -0.1) is 11.3 Å². The Morgan fingerprint density at radius 3 is 2.37 bits per heavy atom. The van der Waals surface area contributed by atoms with E-state index in [4.69, 9.17) is 0 Å². The van der Waals surface area contributed by atoms with Crippen molar-refractivity contribution in [3.63, 3.8) is 0 Å². The van der Waals surface area contributed by atoms with E-state index in [9.17, 15) is 9.59 Å². The van der Waals surface area contributed by atoms with Crippen LogP contribution in [0, 0.1) is 5.92 Å². The maximum absolute atomic E-state index is 13.5. The predicted octanol–water partition coefficient (Wildman–Crippen LogP) is 4.67. The smallest absolute Gasteiger partial charge is 0.278 e. The predicted molar refractivity (Wildman–Crippen MR) is 109 cm³/mol. The van der Waals surface area contributed by atoms with Gasteiger partial charge in [-0.2, -0.15) is 0 Å². The van der Waals surface area contributed by atoms with E-state index in [0.29, 0.717) is 17.2 Å². The third-order valence-corrected chi connectivity index (χ3v) is 7.16. The number of hydrogen-bond acceptors (Lipinski definition) is 4. The number of nitrogens with zero attached hydrogens (tertiary/aromatic N) is 2. The zero-order valence-electron chi connectivity index (χ0n) is 16.3. The highest BCUT2D eigenvalue weighted by Crippen LogP contribution is 2.38. The summed E-state index contributed by atoms with van der Waals surface area (Å²) in [5, 5.41) is 2.00. The molecule has 3 heterocycles. The van der Waals surface area contributed by atoms with Gasteiger partial charge in [0.25, 0.3) is 11.8 Å². The molecule has 2 aliphatic heterocycles. The second kappa shape index (κ2) is 8.17. The highest BCUT2D eigenvalue weighted by molar-refractivity contribution is 7.11. The van der Waals surface area contributed by atoms with Gasteiger partial charge < -0.3 is 4.90 Å². The van der Waals surface area contributed by atoms with Crippen LogP contribution < -0.4 is 0 Å². The molecule has 2 amide bonds. The number of carbonyl (C=O) groups excluding carboxylic acids is 2. The topological polar surface area (TPSA) is 40.6 Å². The lowest BCUT2D eigenvalue weighted by atomic mass is 9.95. The van der Waals surface area contributed by atoms with Gasteiger partial charge in [-0.3, -0.25) is 14.5 Å². The average molecular weight is 387 g/mol. The molecule has 1 saturated carbocycles. The second-order valence-electron chi connectivity index (χ2n) is 8.37. The van der Waals surface area contributed by atoms with Gasteiger partial charge in [0.2, 0.25) is 0 Å². The van der Waals surface area contributed by atoms with Crippen LogP contribution in [0.5, 0.6) is 0 Å².